The predicted octanol–water partition coefficient (Wildman–Crippen LogP) is 3.50. The summed E-state index contributed by atoms with van der Waals surface area (Å²) in [6, 6.07) is 5.89. The largest absolute Gasteiger partial charge is 0.389 e. The summed E-state index contributed by atoms with van der Waals surface area (Å²) in [6.07, 6.45) is 4.13. The van der Waals surface area contributed by atoms with Crippen LogP contribution in [-0.4, -0.2) is 17.3 Å². The van der Waals surface area contributed by atoms with Crippen LogP contribution in [-0.2, 0) is 6.54 Å². The maximum Gasteiger partial charge on any atom is 0.0771 e. The van der Waals surface area contributed by atoms with E-state index in [1.165, 1.54) is 5.56 Å². The molecular weight excluding hydrogens is 302 g/mol. The molecule has 0 unspecified atom stereocenters. The molecule has 1 aromatic carbocycles. The fourth-order valence-corrected chi connectivity index (χ4v) is 2.84. The highest BCUT2D eigenvalue weighted by atomic mass is 79.9. The monoisotopic (exact) mass is 317 g/mol. The average molecular weight is 319 g/mol. The normalized spacial score (nSPS) is 18.5. The molecule has 1 saturated carbocycles. The fourth-order valence-electron chi connectivity index (χ4n) is 2.30. The summed E-state index contributed by atoms with van der Waals surface area (Å²) in [6.45, 7) is 1.44. The highest BCUT2D eigenvalue weighted by molar-refractivity contribution is 9.10. The van der Waals surface area contributed by atoms with Gasteiger partial charge in [0.05, 0.1) is 10.6 Å². The molecule has 0 saturated heterocycles. The molecule has 1 aliphatic rings. The number of benzene rings is 1. The number of aliphatic hydroxyl groups is 1. The Morgan fingerprint density at radius 3 is 2.71 bits per heavy atom. The van der Waals surface area contributed by atoms with Crippen molar-refractivity contribution in [2.24, 2.45) is 0 Å². The Bertz CT molecular complexity index is 391. The number of hydrogen-bond acceptors (Lipinski definition) is 2. The van der Waals surface area contributed by atoms with Gasteiger partial charge in [0, 0.05) is 17.6 Å². The molecule has 1 fully saturated rings. The van der Waals surface area contributed by atoms with Crippen LogP contribution >= 0.6 is 27.5 Å². The zero-order chi connectivity index (χ0) is 12.3. The van der Waals surface area contributed by atoms with E-state index in [0.29, 0.717) is 6.54 Å². The Morgan fingerprint density at radius 1 is 1.35 bits per heavy atom. The van der Waals surface area contributed by atoms with Crippen LogP contribution in [0.15, 0.2) is 22.7 Å². The van der Waals surface area contributed by atoms with Crippen molar-refractivity contribution < 1.29 is 5.11 Å². The number of nitrogens with one attached hydrogen (secondary N) is 1. The van der Waals surface area contributed by atoms with E-state index in [9.17, 15) is 5.11 Å². The predicted molar refractivity (Wildman–Crippen MR) is 74.3 cm³/mol. The van der Waals surface area contributed by atoms with Gasteiger partial charge in [0.25, 0.3) is 0 Å². The Hall–Kier alpha value is -0.0900. The maximum absolute atomic E-state index is 10.2. The molecule has 0 bridgehead atoms. The van der Waals surface area contributed by atoms with Crippen LogP contribution in [0.5, 0.6) is 0 Å². The van der Waals surface area contributed by atoms with Gasteiger partial charge in [0.1, 0.15) is 0 Å². The first-order chi connectivity index (χ1) is 8.09. The molecule has 0 aromatic heterocycles. The molecule has 2 rings (SSSR count). The van der Waals surface area contributed by atoms with Gasteiger partial charge in [0.15, 0.2) is 0 Å². The van der Waals surface area contributed by atoms with Crippen LogP contribution in [0.2, 0.25) is 5.02 Å². The highest BCUT2D eigenvalue weighted by Gasteiger charge is 2.30. The molecular formula is C13H17BrClNO. The minimum Gasteiger partial charge on any atom is -0.389 e. The first-order valence-corrected chi connectivity index (χ1v) is 7.13. The molecule has 0 spiro atoms. The zero-order valence-electron chi connectivity index (χ0n) is 9.68. The second-order valence-electron chi connectivity index (χ2n) is 4.78. The van der Waals surface area contributed by atoms with E-state index in [-0.39, 0.29) is 0 Å². The molecule has 0 atom stereocenters. The summed E-state index contributed by atoms with van der Waals surface area (Å²) in [5, 5.41) is 14.2. The highest BCUT2D eigenvalue weighted by Crippen LogP contribution is 2.28. The average Bonchev–Trinajstić information content (AvgIpc) is 2.71. The Labute approximate surface area is 115 Å². The van der Waals surface area contributed by atoms with E-state index in [4.69, 9.17) is 11.6 Å². The number of rotatable bonds is 4. The third-order valence-corrected chi connectivity index (χ3v) is 4.52. The molecule has 1 aromatic rings. The Balaban J connectivity index is 1.83. The van der Waals surface area contributed by atoms with Gasteiger partial charge in [-0.3, -0.25) is 0 Å². The van der Waals surface area contributed by atoms with E-state index >= 15 is 0 Å². The molecule has 17 heavy (non-hydrogen) atoms. The molecule has 94 valence electrons. The molecule has 1 aliphatic carbocycles. The van der Waals surface area contributed by atoms with Gasteiger partial charge in [-0.1, -0.05) is 30.5 Å². The first kappa shape index (κ1) is 13.3. The van der Waals surface area contributed by atoms with E-state index in [2.05, 4.69) is 21.2 Å². The lowest BCUT2D eigenvalue weighted by Gasteiger charge is -2.22. The summed E-state index contributed by atoms with van der Waals surface area (Å²) in [4.78, 5) is 0. The lowest BCUT2D eigenvalue weighted by atomic mass is 10.0. The third kappa shape index (κ3) is 3.68. The molecule has 2 N–H and O–H groups in total. The second-order valence-corrected chi connectivity index (χ2v) is 6.04. The van der Waals surface area contributed by atoms with Gasteiger partial charge >= 0.3 is 0 Å². The standard InChI is InChI=1S/C13H17BrClNO/c14-11-7-10(3-4-12(11)15)8-16-9-13(17)5-1-2-6-13/h3-4,7,16-17H,1-2,5-6,8-9H2. The van der Waals surface area contributed by atoms with Crippen LogP contribution in [0, 0.1) is 0 Å². The third-order valence-electron chi connectivity index (χ3n) is 3.30. The van der Waals surface area contributed by atoms with E-state index in [1.54, 1.807) is 0 Å². The summed E-state index contributed by atoms with van der Waals surface area (Å²) < 4.78 is 0.915. The molecule has 4 heteroatoms. The minimum absolute atomic E-state index is 0.482. The molecule has 0 amide bonds. The Kier molecular flexibility index (Phi) is 4.47. The van der Waals surface area contributed by atoms with Crippen molar-refractivity contribution in [1.29, 1.82) is 0 Å². The van der Waals surface area contributed by atoms with E-state index in [0.717, 1.165) is 41.7 Å². The van der Waals surface area contributed by atoms with Crippen LogP contribution in [0.1, 0.15) is 31.2 Å². The van der Waals surface area contributed by atoms with Crippen molar-refractivity contribution in [2.45, 2.75) is 37.8 Å². The van der Waals surface area contributed by atoms with Crippen LogP contribution in [0.4, 0.5) is 0 Å². The second kappa shape index (κ2) is 5.70. The van der Waals surface area contributed by atoms with Gasteiger partial charge < -0.3 is 10.4 Å². The fraction of sp³-hybridized carbons (Fsp3) is 0.538. The van der Waals surface area contributed by atoms with Gasteiger partial charge in [0.2, 0.25) is 0 Å². The zero-order valence-corrected chi connectivity index (χ0v) is 12.0. The lowest BCUT2D eigenvalue weighted by molar-refractivity contribution is 0.0475. The van der Waals surface area contributed by atoms with Crippen molar-refractivity contribution in [3.63, 3.8) is 0 Å². The number of hydrogen-bond donors (Lipinski definition) is 2. The SMILES string of the molecule is OC1(CNCc2ccc(Cl)c(Br)c2)CCCC1. The smallest absolute Gasteiger partial charge is 0.0771 e. The van der Waals surface area contributed by atoms with Crippen LogP contribution in [0.25, 0.3) is 0 Å². The Morgan fingerprint density at radius 2 is 2.06 bits per heavy atom. The van der Waals surface area contributed by atoms with Crippen LogP contribution in [0.3, 0.4) is 0 Å². The van der Waals surface area contributed by atoms with Crippen molar-refractivity contribution >= 4 is 27.5 Å². The summed E-state index contributed by atoms with van der Waals surface area (Å²) >= 11 is 9.34. The molecule has 0 radical (unpaired) electrons. The summed E-state index contributed by atoms with van der Waals surface area (Å²) in [5.74, 6) is 0. The minimum atomic E-state index is -0.482. The summed E-state index contributed by atoms with van der Waals surface area (Å²) in [5.41, 5.74) is 0.687. The van der Waals surface area contributed by atoms with Crippen LogP contribution < -0.4 is 5.32 Å². The topological polar surface area (TPSA) is 32.3 Å². The van der Waals surface area contributed by atoms with Gasteiger partial charge in [-0.2, -0.15) is 0 Å². The molecule has 0 aliphatic heterocycles. The molecule has 0 heterocycles. The molecule has 2 nitrogen and oxygen atoms in total. The lowest BCUT2D eigenvalue weighted by Crippen LogP contribution is -2.37. The van der Waals surface area contributed by atoms with Crippen molar-refractivity contribution in [2.75, 3.05) is 6.54 Å². The summed E-state index contributed by atoms with van der Waals surface area (Å²) in [7, 11) is 0. The maximum atomic E-state index is 10.2. The van der Waals surface area contributed by atoms with E-state index < -0.39 is 5.60 Å². The quantitative estimate of drug-likeness (QED) is 0.890. The van der Waals surface area contributed by atoms with Gasteiger partial charge in [-0.05, 0) is 46.5 Å². The first-order valence-electron chi connectivity index (χ1n) is 5.96. The van der Waals surface area contributed by atoms with Crippen molar-refractivity contribution in [3.8, 4) is 0 Å². The van der Waals surface area contributed by atoms with Gasteiger partial charge in [-0.25, -0.2) is 0 Å². The van der Waals surface area contributed by atoms with Gasteiger partial charge in [-0.15, -0.1) is 0 Å². The van der Waals surface area contributed by atoms with E-state index in [1.807, 2.05) is 18.2 Å². The number of halogens is 2. The van der Waals surface area contributed by atoms with Crippen molar-refractivity contribution in [3.05, 3.63) is 33.3 Å². The van der Waals surface area contributed by atoms with Crippen molar-refractivity contribution in [1.82, 2.24) is 5.32 Å².